The molecular formula is C24H21F4N3O3S. The number of nitrogens with zero attached hydrogens (tertiary/aromatic N) is 1. The first-order chi connectivity index (χ1) is 16.3. The van der Waals surface area contributed by atoms with E-state index in [0.29, 0.717) is 11.1 Å². The van der Waals surface area contributed by atoms with E-state index in [1.54, 1.807) is 6.92 Å². The number of aromatic nitrogens is 1. The molecule has 0 aliphatic carbocycles. The minimum absolute atomic E-state index is 0.106. The van der Waals surface area contributed by atoms with E-state index in [9.17, 15) is 30.8 Å². The van der Waals surface area contributed by atoms with Crippen molar-refractivity contribution in [3.63, 3.8) is 0 Å². The van der Waals surface area contributed by atoms with Crippen LogP contribution in [-0.4, -0.2) is 25.6 Å². The second kappa shape index (κ2) is 9.96. The average Bonchev–Trinajstić information content (AvgIpc) is 2.76. The standard InChI is InChI=1S/C24H21F4N3O3S/c1-14-12-17(6-9-19(14)35(2,33)34)23(29)31-21(32)11-8-15-7-10-20(24(26,27)28)30-22(15)16-4-3-5-18(25)13-16/h3-13,23H,29H2,1-2H3,(H,31,32). The van der Waals surface area contributed by atoms with E-state index in [4.69, 9.17) is 5.73 Å². The number of halogens is 4. The van der Waals surface area contributed by atoms with Gasteiger partial charge >= 0.3 is 6.18 Å². The SMILES string of the molecule is Cc1cc(C(N)NC(=O)C=Cc2ccc(C(F)(F)F)nc2-c2cccc(F)c2)ccc1S(C)(=O)=O. The third-order valence-corrected chi connectivity index (χ3v) is 6.24. The minimum atomic E-state index is -4.71. The number of pyridine rings is 1. The zero-order valence-corrected chi connectivity index (χ0v) is 19.4. The highest BCUT2D eigenvalue weighted by atomic mass is 32.2. The van der Waals surface area contributed by atoms with Crippen molar-refractivity contribution in [1.82, 2.24) is 10.3 Å². The molecule has 1 atom stereocenters. The molecule has 1 unspecified atom stereocenters. The van der Waals surface area contributed by atoms with Crippen LogP contribution in [0.5, 0.6) is 0 Å². The molecule has 0 spiro atoms. The number of carbonyl (C=O) groups excluding carboxylic acids is 1. The lowest BCUT2D eigenvalue weighted by Gasteiger charge is -2.15. The fourth-order valence-electron chi connectivity index (χ4n) is 3.36. The number of amides is 1. The quantitative estimate of drug-likeness (QED) is 0.293. The first kappa shape index (κ1) is 26.0. The summed E-state index contributed by atoms with van der Waals surface area (Å²) >= 11 is 0. The second-order valence-electron chi connectivity index (χ2n) is 7.76. The topological polar surface area (TPSA) is 102 Å². The summed E-state index contributed by atoms with van der Waals surface area (Å²) in [4.78, 5) is 16.2. The van der Waals surface area contributed by atoms with Crippen molar-refractivity contribution in [2.24, 2.45) is 5.73 Å². The molecule has 2 aromatic carbocycles. The number of hydrogen-bond acceptors (Lipinski definition) is 5. The highest BCUT2D eigenvalue weighted by Gasteiger charge is 2.33. The average molecular weight is 508 g/mol. The van der Waals surface area contributed by atoms with E-state index in [0.717, 1.165) is 36.6 Å². The third-order valence-electron chi connectivity index (χ3n) is 4.98. The zero-order chi connectivity index (χ0) is 26.0. The van der Waals surface area contributed by atoms with Crippen molar-refractivity contribution >= 4 is 21.8 Å². The van der Waals surface area contributed by atoms with E-state index in [1.807, 2.05) is 0 Å². The van der Waals surface area contributed by atoms with Crippen LogP contribution in [0.3, 0.4) is 0 Å². The molecule has 35 heavy (non-hydrogen) atoms. The molecule has 0 bridgehead atoms. The van der Waals surface area contributed by atoms with Crippen molar-refractivity contribution in [3.05, 3.63) is 88.9 Å². The van der Waals surface area contributed by atoms with Crippen LogP contribution in [0.15, 0.2) is 65.6 Å². The number of hydrogen-bond donors (Lipinski definition) is 2. The number of rotatable bonds is 6. The Hall–Kier alpha value is -3.57. The van der Waals surface area contributed by atoms with Gasteiger partial charge in [-0.3, -0.25) is 4.79 Å². The number of alkyl halides is 3. The Morgan fingerprint density at radius 1 is 1.11 bits per heavy atom. The van der Waals surface area contributed by atoms with Crippen LogP contribution in [0.4, 0.5) is 17.6 Å². The highest BCUT2D eigenvalue weighted by molar-refractivity contribution is 7.90. The van der Waals surface area contributed by atoms with E-state index < -0.39 is 39.6 Å². The van der Waals surface area contributed by atoms with Gasteiger partial charge in [-0.2, -0.15) is 13.2 Å². The van der Waals surface area contributed by atoms with Gasteiger partial charge in [-0.05, 0) is 48.4 Å². The molecule has 1 amide bonds. The lowest BCUT2D eigenvalue weighted by atomic mass is 10.0. The molecule has 0 fully saturated rings. The minimum Gasteiger partial charge on any atom is -0.333 e. The number of sulfone groups is 1. The molecule has 0 saturated heterocycles. The molecule has 0 aliphatic heterocycles. The monoisotopic (exact) mass is 507 g/mol. The molecule has 1 heterocycles. The summed E-state index contributed by atoms with van der Waals surface area (Å²) in [6, 6.07) is 11.2. The molecule has 11 heteroatoms. The van der Waals surface area contributed by atoms with Gasteiger partial charge in [0.15, 0.2) is 9.84 Å². The van der Waals surface area contributed by atoms with Gasteiger partial charge in [0, 0.05) is 23.5 Å². The fourth-order valence-corrected chi connectivity index (χ4v) is 4.32. The summed E-state index contributed by atoms with van der Waals surface area (Å²) in [7, 11) is -3.42. The van der Waals surface area contributed by atoms with Crippen LogP contribution < -0.4 is 11.1 Å². The summed E-state index contributed by atoms with van der Waals surface area (Å²) in [6.07, 6.45) is -2.31. The maximum atomic E-state index is 13.7. The Kier molecular flexibility index (Phi) is 7.41. The van der Waals surface area contributed by atoms with Crippen molar-refractivity contribution in [3.8, 4) is 11.3 Å². The molecule has 0 aliphatic rings. The van der Waals surface area contributed by atoms with Crippen molar-refractivity contribution in [1.29, 1.82) is 0 Å². The molecule has 6 nitrogen and oxygen atoms in total. The molecule has 3 aromatic rings. The predicted octanol–water partition coefficient (Wildman–Crippen LogP) is 4.41. The van der Waals surface area contributed by atoms with Crippen LogP contribution in [0.2, 0.25) is 0 Å². The van der Waals surface area contributed by atoms with Crippen LogP contribution in [-0.2, 0) is 20.8 Å². The predicted molar refractivity (Wildman–Crippen MR) is 123 cm³/mol. The van der Waals surface area contributed by atoms with E-state index >= 15 is 0 Å². The molecule has 1 aromatic heterocycles. The molecule has 3 N–H and O–H groups in total. The smallest absolute Gasteiger partial charge is 0.333 e. The van der Waals surface area contributed by atoms with Crippen molar-refractivity contribution in [2.75, 3.05) is 6.26 Å². The van der Waals surface area contributed by atoms with Gasteiger partial charge in [-0.25, -0.2) is 17.8 Å². The second-order valence-corrected chi connectivity index (χ2v) is 9.74. The highest BCUT2D eigenvalue weighted by Crippen LogP contribution is 2.32. The number of benzene rings is 2. The van der Waals surface area contributed by atoms with E-state index in [1.165, 1.54) is 36.4 Å². The van der Waals surface area contributed by atoms with Crippen LogP contribution in [0, 0.1) is 12.7 Å². The third kappa shape index (κ3) is 6.52. The zero-order valence-electron chi connectivity index (χ0n) is 18.6. The number of nitrogens with two attached hydrogens (primary N) is 1. The lowest BCUT2D eigenvalue weighted by molar-refractivity contribution is -0.141. The first-order valence-corrected chi connectivity index (χ1v) is 12.0. The maximum absolute atomic E-state index is 13.7. The largest absolute Gasteiger partial charge is 0.433 e. The fraction of sp³-hybridized carbons (Fsp3) is 0.167. The summed E-state index contributed by atoms with van der Waals surface area (Å²) in [5.74, 6) is -1.31. The number of carbonyl (C=O) groups is 1. The molecular weight excluding hydrogens is 486 g/mol. The van der Waals surface area contributed by atoms with E-state index in [2.05, 4.69) is 10.3 Å². The van der Waals surface area contributed by atoms with Gasteiger partial charge in [0.2, 0.25) is 5.91 Å². The van der Waals surface area contributed by atoms with Gasteiger partial charge in [0.1, 0.15) is 17.7 Å². The number of aryl methyl sites for hydroxylation is 1. The van der Waals surface area contributed by atoms with Crippen molar-refractivity contribution < 1.29 is 30.8 Å². The maximum Gasteiger partial charge on any atom is 0.433 e. The van der Waals surface area contributed by atoms with Crippen LogP contribution >= 0.6 is 0 Å². The Balaban J connectivity index is 1.85. The summed E-state index contributed by atoms with van der Waals surface area (Å²) in [5.41, 5.74) is 5.86. The normalized spacial score (nSPS) is 13.1. The summed E-state index contributed by atoms with van der Waals surface area (Å²) in [6.45, 7) is 1.60. The van der Waals surface area contributed by atoms with Crippen LogP contribution in [0.1, 0.15) is 28.6 Å². The first-order valence-electron chi connectivity index (χ1n) is 10.1. The summed E-state index contributed by atoms with van der Waals surface area (Å²) in [5, 5.41) is 2.50. The lowest BCUT2D eigenvalue weighted by Crippen LogP contribution is -2.33. The molecule has 0 saturated carbocycles. The van der Waals surface area contributed by atoms with E-state index in [-0.39, 0.29) is 21.7 Å². The number of nitrogens with one attached hydrogen (secondary N) is 1. The Bertz CT molecular complexity index is 1400. The van der Waals surface area contributed by atoms with Crippen molar-refractivity contribution in [2.45, 2.75) is 24.2 Å². The van der Waals surface area contributed by atoms with Gasteiger partial charge in [0.05, 0.1) is 10.6 Å². The van der Waals surface area contributed by atoms with Gasteiger partial charge in [0.25, 0.3) is 0 Å². The van der Waals surface area contributed by atoms with Gasteiger partial charge < -0.3 is 11.1 Å². The molecule has 0 radical (unpaired) electrons. The van der Waals surface area contributed by atoms with Gasteiger partial charge in [-0.1, -0.05) is 30.3 Å². The van der Waals surface area contributed by atoms with Gasteiger partial charge in [-0.15, -0.1) is 0 Å². The Morgan fingerprint density at radius 3 is 2.43 bits per heavy atom. The van der Waals surface area contributed by atoms with Crippen LogP contribution in [0.25, 0.3) is 17.3 Å². The molecule has 3 rings (SSSR count). The summed E-state index contributed by atoms with van der Waals surface area (Å²) < 4.78 is 76.7. The molecule has 184 valence electrons. The Morgan fingerprint density at radius 2 is 1.83 bits per heavy atom. The Labute approximate surface area is 199 Å².